The van der Waals surface area contributed by atoms with Crippen LogP contribution in [0.2, 0.25) is 0 Å². The lowest BCUT2D eigenvalue weighted by Gasteiger charge is -2.35. The molecule has 9 heteroatoms. The van der Waals surface area contributed by atoms with Crippen LogP contribution in [0.3, 0.4) is 0 Å². The molecule has 0 fully saturated rings. The van der Waals surface area contributed by atoms with E-state index in [-0.39, 0.29) is 29.5 Å². The van der Waals surface area contributed by atoms with Gasteiger partial charge in [-0.05, 0) is 82.1 Å². The number of nitrogens with zero attached hydrogens (tertiary/aromatic N) is 2. The summed E-state index contributed by atoms with van der Waals surface area (Å²) in [5, 5.41) is 3.02. The van der Waals surface area contributed by atoms with E-state index in [1.807, 2.05) is 89.2 Å². The van der Waals surface area contributed by atoms with Crippen LogP contribution in [-0.2, 0) is 32.6 Å². The largest absolute Gasteiger partial charge is 0.350 e. The number of sulfonamides is 1. The molecular weight excluding hydrogens is 589 g/mol. The number of halogens is 1. The maximum Gasteiger partial charge on any atom is 0.264 e. The molecular formula is C36H40FN3O4S. The van der Waals surface area contributed by atoms with Gasteiger partial charge in [0.2, 0.25) is 11.8 Å². The second kappa shape index (κ2) is 14.1. The maximum atomic E-state index is 14.5. The predicted octanol–water partition coefficient (Wildman–Crippen LogP) is 6.19. The van der Waals surface area contributed by atoms with Crippen molar-refractivity contribution < 1.29 is 22.4 Å². The van der Waals surface area contributed by atoms with Gasteiger partial charge in [0.05, 0.1) is 10.6 Å². The molecule has 0 heterocycles. The van der Waals surface area contributed by atoms with Gasteiger partial charge in [0, 0.05) is 18.5 Å². The molecule has 0 bridgehead atoms. The molecule has 1 atom stereocenters. The van der Waals surface area contributed by atoms with Gasteiger partial charge in [-0.2, -0.15) is 0 Å². The second-order valence-corrected chi connectivity index (χ2v) is 14.1. The first-order chi connectivity index (χ1) is 21.2. The summed E-state index contributed by atoms with van der Waals surface area (Å²) < 4.78 is 42.8. The van der Waals surface area contributed by atoms with Crippen molar-refractivity contribution in [2.45, 2.75) is 64.1 Å². The van der Waals surface area contributed by atoms with E-state index in [2.05, 4.69) is 5.32 Å². The van der Waals surface area contributed by atoms with E-state index in [1.165, 1.54) is 17.0 Å². The molecule has 4 aromatic rings. The van der Waals surface area contributed by atoms with Crippen molar-refractivity contribution in [2.24, 2.45) is 0 Å². The van der Waals surface area contributed by atoms with Gasteiger partial charge >= 0.3 is 0 Å². The van der Waals surface area contributed by atoms with Crippen LogP contribution in [-0.4, -0.2) is 43.3 Å². The van der Waals surface area contributed by atoms with Gasteiger partial charge in [-0.1, -0.05) is 77.9 Å². The molecule has 0 saturated carbocycles. The zero-order valence-electron chi connectivity index (χ0n) is 26.3. The monoisotopic (exact) mass is 629 g/mol. The van der Waals surface area contributed by atoms with Gasteiger partial charge in [0.25, 0.3) is 10.0 Å². The number of nitrogens with one attached hydrogen (secondary N) is 1. The smallest absolute Gasteiger partial charge is 0.264 e. The van der Waals surface area contributed by atoms with Crippen LogP contribution in [0.5, 0.6) is 0 Å². The fourth-order valence-corrected chi connectivity index (χ4v) is 6.40. The molecule has 2 amide bonds. The third-order valence-corrected chi connectivity index (χ3v) is 9.00. The number of anilines is 1. The third-order valence-electron chi connectivity index (χ3n) is 7.21. The topological polar surface area (TPSA) is 86.8 Å². The Morgan fingerprint density at radius 1 is 0.800 bits per heavy atom. The second-order valence-electron chi connectivity index (χ2n) is 12.3. The van der Waals surface area contributed by atoms with E-state index in [1.54, 1.807) is 24.3 Å². The molecule has 0 radical (unpaired) electrons. The van der Waals surface area contributed by atoms with Crippen molar-refractivity contribution in [1.82, 2.24) is 10.2 Å². The zero-order valence-corrected chi connectivity index (χ0v) is 27.1. The first kappa shape index (κ1) is 33.4. The Kier molecular flexibility index (Phi) is 10.4. The van der Waals surface area contributed by atoms with Gasteiger partial charge < -0.3 is 10.2 Å². The minimum absolute atomic E-state index is 0.0773. The molecule has 0 aliphatic rings. The summed E-state index contributed by atoms with van der Waals surface area (Å²) >= 11 is 0. The summed E-state index contributed by atoms with van der Waals surface area (Å²) in [5.74, 6) is -1.49. The number of carbonyl (C=O) groups excluding carboxylic acids is 2. The summed E-state index contributed by atoms with van der Waals surface area (Å²) in [6, 6.07) is 27.3. The summed E-state index contributed by atoms with van der Waals surface area (Å²) in [5.41, 5.74) is 3.23. The average Bonchev–Trinajstić information content (AvgIpc) is 2.98. The van der Waals surface area contributed by atoms with E-state index in [4.69, 9.17) is 0 Å². The molecule has 0 aliphatic carbocycles. The highest BCUT2D eigenvalue weighted by atomic mass is 32.2. The number of hydrogen-bond donors (Lipinski definition) is 1. The van der Waals surface area contributed by atoms with Crippen molar-refractivity contribution in [3.05, 3.63) is 131 Å². The highest BCUT2D eigenvalue weighted by molar-refractivity contribution is 7.92. The summed E-state index contributed by atoms with van der Waals surface area (Å²) in [7, 11) is -4.31. The SMILES string of the molecule is Cc1ccc(N(CC(=O)N(Cc2cccc(C)c2)[C@H](Cc2ccccc2)C(=O)NC(C)(C)C)S(=O)(=O)c2ccc(F)cc2)cc1. The molecule has 0 saturated heterocycles. The predicted molar refractivity (Wildman–Crippen MR) is 176 cm³/mol. The van der Waals surface area contributed by atoms with Gasteiger partial charge in [0.1, 0.15) is 18.4 Å². The minimum Gasteiger partial charge on any atom is -0.350 e. The van der Waals surface area contributed by atoms with Crippen LogP contribution >= 0.6 is 0 Å². The summed E-state index contributed by atoms with van der Waals surface area (Å²) in [4.78, 5) is 29.7. The van der Waals surface area contributed by atoms with E-state index >= 15 is 0 Å². The Morgan fingerprint density at radius 3 is 2.02 bits per heavy atom. The van der Waals surface area contributed by atoms with Crippen molar-refractivity contribution in [2.75, 3.05) is 10.8 Å². The van der Waals surface area contributed by atoms with Crippen LogP contribution in [0.15, 0.2) is 108 Å². The Hall–Kier alpha value is -4.50. The van der Waals surface area contributed by atoms with Crippen LogP contribution in [0.1, 0.15) is 43.0 Å². The lowest BCUT2D eigenvalue weighted by molar-refractivity contribution is -0.140. The van der Waals surface area contributed by atoms with Crippen LogP contribution < -0.4 is 9.62 Å². The van der Waals surface area contributed by atoms with Gasteiger partial charge in [0.15, 0.2) is 0 Å². The average molecular weight is 630 g/mol. The maximum absolute atomic E-state index is 14.5. The zero-order chi connectivity index (χ0) is 32.8. The minimum atomic E-state index is -4.31. The molecule has 7 nitrogen and oxygen atoms in total. The van der Waals surface area contributed by atoms with E-state index < -0.39 is 39.9 Å². The number of benzene rings is 4. The van der Waals surface area contributed by atoms with Crippen LogP contribution in [0.25, 0.3) is 0 Å². The fourth-order valence-electron chi connectivity index (χ4n) is 4.99. The molecule has 0 spiro atoms. The van der Waals surface area contributed by atoms with Crippen LogP contribution in [0, 0.1) is 19.7 Å². The summed E-state index contributed by atoms with van der Waals surface area (Å²) in [6.07, 6.45) is 0.218. The summed E-state index contributed by atoms with van der Waals surface area (Å²) in [6.45, 7) is 8.91. The van der Waals surface area contributed by atoms with Crippen LogP contribution in [0.4, 0.5) is 10.1 Å². The van der Waals surface area contributed by atoms with Crippen molar-refractivity contribution in [3.63, 3.8) is 0 Å². The van der Waals surface area contributed by atoms with Gasteiger partial charge in [-0.15, -0.1) is 0 Å². The normalized spacial score (nSPS) is 12.3. The Bertz CT molecular complexity index is 1720. The molecule has 1 N–H and O–H groups in total. The number of rotatable bonds is 11. The first-order valence-corrected chi connectivity index (χ1v) is 16.2. The van der Waals surface area contributed by atoms with E-state index in [9.17, 15) is 22.4 Å². The Labute approximate surface area is 265 Å². The van der Waals surface area contributed by atoms with Crippen molar-refractivity contribution in [1.29, 1.82) is 0 Å². The molecule has 45 heavy (non-hydrogen) atoms. The highest BCUT2D eigenvalue weighted by Crippen LogP contribution is 2.26. The van der Waals surface area contributed by atoms with Crippen molar-refractivity contribution in [3.8, 4) is 0 Å². The first-order valence-electron chi connectivity index (χ1n) is 14.8. The lowest BCUT2D eigenvalue weighted by Crippen LogP contribution is -2.56. The van der Waals surface area contributed by atoms with E-state index in [0.717, 1.165) is 38.7 Å². The Balaban J connectivity index is 1.81. The lowest BCUT2D eigenvalue weighted by atomic mass is 10.0. The molecule has 0 aromatic heterocycles. The highest BCUT2D eigenvalue weighted by Gasteiger charge is 2.35. The molecule has 0 unspecified atom stereocenters. The standard InChI is InChI=1S/C36H40FN3O4S/c1-26-14-18-31(19-15-26)40(45(43,44)32-20-16-30(37)17-21-32)25-34(41)39(24-29-13-9-10-27(2)22-29)33(35(42)38-36(3,4)5)23-28-11-7-6-8-12-28/h6-22,33H,23-25H2,1-5H3,(H,38,42)/t33-/m1/s1. The fraction of sp³-hybridized carbons (Fsp3) is 0.278. The van der Waals surface area contributed by atoms with Gasteiger partial charge in [-0.3, -0.25) is 13.9 Å². The van der Waals surface area contributed by atoms with E-state index in [0.29, 0.717) is 0 Å². The molecule has 4 aromatic carbocycles. The number of hydrogen-bond acceptors (Lipinski definition) is 4. The number of carbonyl (C=O) groups is 2. The quantitative estimate of drug-likeness (QED) is 0.214. The molecule has 0 aliphatic heterocycles. The number of aryl methyl sites for hydroxylation is 2. The van der Waals surface area contributed by atoms with Gasteiger partial charge in [-0.25, -0.2) is 12.8 Å². The molecule has 4 rings (SSSR count). The molecule has 236 valence electrons. The number of amides is 2. The third kappa shape index (κ3) is 9.01. The van der Waals surface area contributed by atoms with Crippen molar-refractivity contribution >= 4 is 27.5 Å². The Morgan fingerprint density at radius 2 is 1.42 bits per heavy atom.